The maximum absolute atomic E-state index is 12.0. The highest BCUT2D eigenvalue weighted by atomic mass is 16.5. The van der Waals surface area contributed by atoms with Gasteiger partial charge in [-0.15, -0.1) is 0 Å². The molecule has 0 saturated heterocycles. The number of ether oxygens (including phenoxy) is 1. The molecule has 0 unspecified atom stereocenters. The molecule has 0 atom stereocenters. The second kappa shape index (κ2) is 8.54. The summed E-state index contributed by atoms with van der Waals surface area (Å²) < 4.78 is 11.9. The van der Waals surface area contributed by atoms with E-state index in [-0.39, 0.29) is 18.9 Å². The highest BCUT2D eigenvalue weighted by molar-refractivity contribution is 5.92. The van der Waals surface area contributed by atoms with Gasteiger partial charge in [-0.1, -0.05) is 18.2 Å². The molecule has 10 nitrogen and oxygen atoms in total. The quantitative estimate of drug-likeness (QED) is 0.519. The minimum absolute atomic E-state index is 0.0202. The van der Waals surface area contributed by atoms with Gasteiger partial charge in [0.15, 0.2) is 5.76 Å². The van der Waals surface area contributed by atoms with Gasteiger partial charge in [0, 0.05) is 12.3 Å². The predicted molar refractivity (Wildman–Crippen MR) is 96.4 cm³/mol. The SMILES string of the molecule is O=C(Cn1ccc(=O)[nH]c1=O)NNC(=O)c1ccc(COc2ccccc2)o1. The molecule has 2 heterocycles. The van der Waals surface area contributed by atoms with Crippen LogP contribution in [0.15, 0.2) is 68.7 Å². The van der Waals surface area contributed by atoms with Crippen LogP contribution in [0.25, 0.3) is 0 Å². The Hall–Kier alpha value is -4.08. The zero-order valence-electron chi connectivity index (χ0n) is 14.5. The molecular weight excluding hydrogens is 368 g/mol. The normalized spacial score (nSPS) is 10.3. The topological polar surface area (TPSA) is 135 Å². The number of aromatic nitrogens is 2. The van der Waals surface area contributed by atoms with Crippen LogP contribution >= 0.6 is 0 Å². The van der Waals surface area contributed by atoms with Crippen LogP contribution in [0.3, 0.4) is 0 Å². The number of aromatic amines is 1. The van der Waals surface area contributed by atoms with Gasteiger partial charge in [-0.05, 0) is 24.3 Å². The first-order chi connectivity index (χ1) is 13.5. The van der Waals surface area contributed by atoms with E-state index in [4.69, 9.17) is 9.15 Å². The zero-order chi connectivity index (χ0) is 19.9. The Balaban J connectivity index is 1.49. The maximum atomic E-state index is 12.0. The van der Waals surface area contributed by atoms with Crippen LogP contribution < -0.4 is 26.8 Å². The van der Waals surface area contributed by atoms with Crippen molar-refractivity contribution in [2.24, 2.45) is 0 Å². The van der Waals surface area contributed by atoms with E-state index in [0.717, 1.165) is 10.6 Å². The molecule has 2 aromatic heterocycles. The summed E-state index contributed by atoms with van der Waals surface area (Å²) in [6.45, 7) is -0.247. The van der Waals surface area contributed by atoms with Crippen LogP contribution in [-0.2, 0) is 17.9 Å². The summed E-state index contributed by atoms with van der Waals surface area (Å²) in [5.41, 5.74) is 3.03. The number of H-pyrrole nitrogens is 1. The predicted octanol–water partition coefficient (Wildman–Crippen LogP) is 0.170. The first-order valence-corrected chi connectivity index (χ1v) is 8.17. The molecule has 3 aromatic rings. The summed E-state index contributed by atoms with van der Waals surface area (Å²) in [4.78, 5) is 48.4. The third-order valence-electron chi connectivity index (χ3n) is 3.54. The molecule has 3 N–H and O–H groups in total. The van der Waals surface area contributed by atoms with E-state index in [1.54, 1.807) is 18.2 Å². The summed E-state index contributed by atoms with van der Waals surface area (Å²) in [6.07, 6.45) is 1.17. The summed E-state index contributed by atoms with van der Waals surface area (Å²) in [7, 11) is 0. The fraction of sp³-hybridized carbons (Fsp3) is 0.111. The van der Waals surface area contributed by atoms with Crippen LogP contribution in [0, 0.1) is 0 Å². The molecule has 0 bridgehead atoms. The summed E-state index contributed by atoms with van der Waals surface area (Å²) >= 11 is 0. The Morgan fingerprint density at radius 2 is 1.82 bits per heavy atom. The molecular formula is C18H16N4O6. The van der Waals surface area contributed by atoms with Gasteiger partial charge < -0.3 is 9.15 Å². The lowest BCUT2D eigenvalue weighted by Gasteiger charge is -2.07. The molecule has 1 aromatic carbocycles. The lowest BCUT2D eigenvalue weighted by Crippen LogP contribution is -2.44. The largest absolute Gasteiger partial charge is 0.486 e. The fourth-order valence-electron chi connectivity index (χ4n) is 2.20. The van der Waals surface area contributed by atoms with Gasteiger partial charge in [-0.3, -0.25) is 34.8 Å². The van der Waals surface area contributed by atoms with Crippen LogP contribution in [0.2, 0.25) is 0 Å². The highest BCUT2D eigenvalue weighted by Gasteiger charge is 2.13. The standard InChI is InChI=1S/C18H16N4O6/c23-15-8-9-22(18(26)19-15)10-16(24)20-21-17(25)14-7-6-13(28-14)11-27-12-4-2-1-3-5-12/h1-9H,10-11H2,(H,20,24)(H,21,25)(H,19,23,26). The Bertz CT molecular complexity index is 1080. The number of benzene rings is 1. The van der Waals surface area contributed by atoms with Crippen molar-refractivity contribution in [3.8, 4) is 5.75 Å². The van der Waals surface area contributed by atoms with E-state index in [1.807, 2.05) is 23.2 Å². The van der Waals surface area contributed by atoms with E-state index in [9.17, 15) is 19.2 Å². The second-order valence-electron chi connectivity index (χ2n) is 5.61. The smallest absolute Gasteiger partial charge is 0.328 e. The van der Waals surface area contributed by atoms with Gasteiger partial charge in [0.1, 0.15) is 24.7 Å². The lowest BCUT2D eigenvalue weighted by atomic mass is 10.3. The number of nitrogens with one attached hydrogen (secondary N) is 3. The first-order valence-electron chi connectivity index (χ1n) is 8.17. The van der Waals surface area contributed by atoms with E-state index < -0.39 is 23.1 Å². The Morgan fingerprint density at radius 1 is 1.04 bits per heavy atom. The Morgan fingerprint density at radius 3 is 2.57 bits per heavy atom. The molecule has 0 radical (unpaired) electrons. The number of carbonyl (C=O) groups excluding carboxylic acids is 2. The van der Waals surface area contributed by atoms with Crippen molar-refractivity contribution in [3.05, 3.63) is 87.1 Å². The number of para-hydroxylation sites is 1. The number of hydrazine groups is 1. The molecule has 144 valence electrons. The average molecular weight is 384 g/mol. The van der Waals surface area contributed by atoms with Gasteiger partial charge >= 0.3 is 11.6 Å². The number of hydrogen-bond acceptors (Lipinski definition) is 6. The molecule has 0 saturated carbocycles. The van der Waals surface area contributed by atoms with Gasteiger partial charge in [-0.2, -0.15) is 0 Å². The van der Waals surface area contributed by atoms with Crippen LogP contribution in [0.4, 0.5) is 0 Å². The van der Waals surface area contributed by atoms with E-state index in [0.29, 0.717) is 11.5 Å². The van der Waals surface area contributed by atoms with E-state index in [1.165, 1.54) is 12.3 Å². The van der Waals surface area contributed by atoms with Gasteiger partial charge in [0.25, 0.3) is 11.5 Å². The summed E-state index contributed by atoms with van der Waals surface area (Å²) in [6, 6.07) is 13.2. The monoisotopic (exact) mass is 384 g/mol. The number of hydrogen-bond donors (Lipinski definition) is 3. The van der Waals surface area contributed by atoms with Crippen molar-refractivity contribution >= 4 is 11.8 Å². The molecule has 28 heavy (non-hydrogen) atoms. The van der Waals surface area contributed by atoms with Crippen molar-refractivity contribution < 1.29 is 18.7 Å². The summed E-state index contributed by atoms with van der Waals surface area (Å²) in [5, 5.41) is 0. The fourth-order valence-corrected chi connectivity index (χ4v) is 2.20. The highest BCUT2D eigenvalue weighted by Crippen LogP contribution is 2.13. The van der Waals surface area contributed by atoms with Crippen molar-refractivity contribution in [2.75, 3.05) is 0 Å². The molecule has 0 aliphatic heterocycles. The van der Waals surface area contributed by atoms with Crippen LogP contribution in [0.5, 0.6) is 5.75 Å². The number of rotatable bonds is 6. The van der Waals surface area contributed by atoms with Gasteiger partial charge in [-0.25, -0.2) is 4.79 Å². The van der Waals surface area contributed by atoms with E-state index in [2.05, 4.69) is 10.9 Å². The molecule has 10 heteroatoms. The molecule has 3 rings (SSSR count). The third kappa shape index (κ3) is 4.97. The minimum atomic E-state index is -0.733. The Labute approximate surface area is 157 Å². The molecule has 2 amide bonds. The van der Waals surface area contributed by atoms with Crippen molar-refractivity contribution in [3.63, 3.8) is 0 Å². The zero-order valence-corrected chi connectivity index (χ0v) is 14.5. The molecule has 0 aliphatic rings. The second-order valence-corrected chi connectivity index (χ2v) is 5.61. The number of amides is 2. The molecule has 0 aliphatic carbocycles. The maximum Gasteiger partial charge on any atom is 0.328 e. The van der Waals surface area contributed by atoms with E-state index >= 15 is 0 Å². The minimum Gasteiger partial charge on any atom is -0.486 e. The number of carbonyl (C=O) groups is 2. The number of nitrogens with zero attached hydrogens (tertiary/aromatic N) is 1. The van der Waals surface area contributed by atoms with Crippen molar-refractivity contribution in [1.82, 2.24) is 20.4 Å². The van der Waals surface area contributed by atoms with Gasteiger partial charge in [0.05, 0.1) is 0 Å². The summed E-state index contributed by atoms with van der Waals surface area (Å²) in [5.74, 6) is -0.266. The van der Waals surface area contributed by atoms with Crippen LogP contribution in [0.1, 0.15) is 16.3 Å². The lowest BCUT2D eigenvalue weighted by molar-refractivity contribution is -0.122. The van der Waals surface area contributed by atoms with Crippen molar-refractivity contribution in [2.45, 2.75) is 13.2 Å². The average Bonchev–Trinajstić information content (AvgIpc) is 3.17. The Kier molecular flexibility index (Phi) is 5.70. The molecule has 0 spiro atoms. The van der Waals surface area contributed by atoms with Crippen molar-refractivity contribution in [1.29, 1.82) is 0 Å². The first kappa shape index (κ1) is 18.7. The molecule has 0 fully saturated rings. The van der Waals surface area contributed by atoms with Gasteiger partial charge in [0.2, 0.25) is 0 Å². The third-order valence-corrected chi connectivity index (χ3v) is 3.54. The van der Waals surface area contributed by atoms with Crippen LogP contribution in [-0.4, -0.2) is 21.4 Å². The number of furan rings is 1.